The Hall–Kier alpha value is -0.770. The Morgan fingerprint density at radius 2 is 2.36 bits per heavy atom. The van der Waals surface area contributed by atoms with E-state index in [1.54, 1.807) is 19.2 Å². The number of halogens is 1. The van der Waals surface area contributed by atoms with Gasteiger partial charge in [0, 0.05) is 24.4 Å². The van der Waals surface area contributed by atoms with Gasteiger partial charge >= 0.3 is 0 Å². The van der Waals surface area contributed by atoms with Crippen LogP contribution in [-0.4, -0.2) is 31.5 Å². The monoisotopic (exact) mass is 215 g/mol. The molecule has 1 atom stereocenters. The molecule has 1 rings (SSSR count). The predicted octanol–water partition coefficient (Wildman–Crippen LogP) is 1.76. The lowest BCUT2D eigenvalue weighted by molar-refractivity contribution is 0.0727. The van der Waals surface area contributed by atoms with Gasteiger partial charge in [-0.15, -0.1) is 0 Å². The molecular formula is C10H14ClNO2. The van der Waals surface area contributed by atoms with Gasteiger partial charge in [-0.3, -0.25) is 0 Å². The molecule has 0 radical (unpaired) electrons. The number of rotatable bonds is 5. The van der Waals surface area contributed by atoms with Crippen molar-refractivity contribution in [2.45, 2.75) is 6.10 Å². The van der Waals surface area contributed by atoms with Crippen LogP contribution in [0.25, 0.3) is 0 Å². The van der Waals surface area contributed by atoms with Crippen LogP contribution in [0.2, 0.25) is 5.02 Å². The van der Waals surface area contributed by atoms with Crippen molar-refractivity contribution in [3.05, 3.63) is 29.3 Å². The van der Waals surface area contributed by atoms with Crippen molar-refractivity contribution in [2.75, 3.05) is 25.6 Å². The molecule has 4 heteroatoms. The number of methoxy groups -OCH3 is 1. The van der Waals surface area contributed by atoms with Crippen LogP contribution in [0.3, 0.4) is 0 Å². The SMILES string of the molecule is COCC(O)CNc1cccc(Cl)c1. The van der Waals surface area contributed by atoms with Crippen LogP contribution in [0.5, 0.6) is 0 Å². The van der Waals surface area contributed by atoms with Gasteiger partial charge in [0.25, 0.3) is 0 Å². The topological polar surface area (TPSA) is 41.5 Å². The highest BCUT2D eigenvalue weighted by Gasteiger charge is 2.02. The Morgan fingerprint density at radius 1 is 1.57 bits per heavy atom. The quantitative estimate of drug-likeness (QED) is 0.787. The van der Waals surface area contributed by atoms with E-state index in [9.17, 15) is 5.11 Å². The highest BCUT2D eigenvalue weighted by atomic mass is 35.5. The van der Waals surface area contributed by atoms with E-state index in [-0.39, 0.29) is 0 Å². The lowest BCUT2D eigenvalue weighted by Gasteiger charge is -2.11. The van der Waals surface area contributed by atoms with Crippen LogP contribution in [0.4, 0.5) is 5.69 Å². The second-order valence-corrected chi connectivity index (χ2v) is 3.44. The molecule has 0 saturated carbocycles. The predicted molar refractivity (Wildman–Crippen MR) is 57.8 cm³/mol. The van der Waals surface area contributed by atoms with E-state index in [0.717, 1.165) is 5.69 Å². The van der Waals surface area contributed by atoms with Crippen molar-refractivity contribution in [2.24, 2.45) is 0 Å². The van der Waals surface area contributed by atoms with E-state index in [4.69, 9.17) is 16.3 Å². The van der Waals surface area contributed by atoms with Gasteiger partial charge in [-0.05, 0) is 18.2 Å². The number of benzene rings is 1. The maximum absolute atomic E-state index is 9.36. The largest absolute Gasteiger partial charge is 0.389 e. The van der Waals surface area contributed by atoms with Crippen molar-refractivity contribution in [1.29, 1.82) is 0 Å². The molecule has 0 aliphatic heterocycles. The Morgan fingerprint density at radius 3 is 3.00 bits per heavy atom. The van der Waals surface area contributed by atoms with Crippen molar-refractivity contribution in [3.63, 3.8) is 0 Å². The van der Waals surface area contributed by atoms with Gasteiger partial charge in [0.1, 0.15) is 0 Å². The van der Waals surface area contributed by atoms with Gasteiger partial charge in [0.05, 0.1) is 12.7 Å². The van der Waals surface area contributed by atoms with Crippen molar-refractivity contribution < 1.29 is 9.84 Å². The molecule has 1 unspecified atom stereocenters. The molecule has 0 heterocycles. The van der Waals surface area contributed by atoms with E-state index in [0.29, 0.717) is 18.2 Å². The maximum Gasteiger partial charge on any atom is 0.0945 e. The molecule has 3 nitrogen and oxygen atoms in total. The third kappa shape index (κ3) is 3.96. The Balaban J connectivity index is 2.37. The first kappa shape index (κ1) is 11.3. The Kier molecular flexibility index (Phi) is 4.73. The first-order valence-electron chi connectivity index (χ1n) is 4.39. The number of ether oxygens (including phenoxy) is 1. The average Bonchev–Trinajstić information content (AvgIpc) is 2.15. The summed E-state index contributed by atoms with van der Waals surface area (Å²) in [5.41, 5.74) is 0.896. The van der Waals surface area contributed by atoms with Gasteiger partial charge in [-0.1, -0.05) is 17.7 Å². The molecule has 1 aromatic rings. The average molecular weight is 216 g/mol. The maximum atomic E-state index is 9.36. The van der Waals surface area contributed by atoms with Gasteiger partial charge in [-0.25, -0.2) is 0 Å². The molecule has 0 fully saturated rings. The molecule has 0 aliphatic rings. The van der Waals surface area contributed by atoms with E-state index in [1.807, 2.05) is 12.1 Å². The van der Waals surface area contributed by atoms with Gasteiger partial charge < -0.3 is 15.2 Å². The van der Waals surface area contributed by atoms with E-state index in [2.05, 4.69) is 5.32 Å². The van der Waals surface area contributed by atoms with Crippen LogP contribution in [-0.2, 0) is 4.74 Å². The molecule has 14 heavy (non-hydrogen) atoms. The summed E-state index contributed by atoms with van der Waals surface area (Å²) in [6.07, 6.45) is -0.501. The number of hydrogen-bond donors (Lipinski definition) is 2. The van der Waals surface area contributed by atoms with Crippen molar-refractivity contribution >= 4 is 17.3 Å². The minimum Gasteiger partial charge on any atom is -0.389 e. The van der Waals surface area contributed by atoms with E-state index >= 15 is 0 Å². The van der Waals surface area contributed by atoms with Crippen molar-refractivity contribution in [3.8, 4) is 0 Å². The number of nitrogens with one attached hydrogen (secondary N) is 1. The third-order valence-corrected chi connectivity index (χ3v) is 1.96. The molecule has 0 aromatic heterocycles. The summed E-state index contributed by atoms with van der Waals surface area (Å²) in [6, 6.07) is 7.36. The van der Waals surface area contributed by atoms with Crippen LogP contribution >= 0.6 is 11.6 Å². The van der Waals surface area contributed by atoms with Crippen molar-refractivity contribution in [1.82, 2.24) is 0 Å². The molecule has 78 valence electrons. The highest BCUT2D eigenvalue weighted by Crippen LogP contribution is 2.14. The molecule has 0 aliphatic carbocycles. The van der Waals surface area contributed by atoms with Gasteiger partial charge in [-0.2, -0.15) is 0 Å². The summed E-state index contributed by atoms with van der Waals surface area (Å²) in [4.78, 5) is 0. The smallest absolute Gasteiger partial charge is 0.0945 e. The van der Waals surface area contributed by atoms with Crippen LogP contribution < -0.4 is 5.32 Å². The van der Waals surface area contributed by atoms with Gasteiger partial charge in [0.2, 0.25) is 0 Å². The molecule has 0 amide bonds. The van der Waals surface area contributed by atoms with E-state index < -0.39 is 6.10 Å². The fourth-order valence-corrected chi connectivity index (χ4v) is 1.28. The highest BCUT2D eigenvalue weighted by molar-refractivity contribution is 6.30. The summed E-state index contributed by atoms with van der Waals surface area (Å²) in [6.45, 7) is 0.780. The van der Waals surface area contributed by atoms with Crippen LogP contribution in [0.15, 0.2) is 24.3 Å². The number of anilines is 1. The number of hydrogen-bond acceptors (Lipinski definition) is 3. The summed E-state index contributed by atoms with van der Waals surface area (Å²) < 4.78 is 4.80. The first-order chi connectivity index (χ1) is 6.72. The van der Waals surface area contributed by atoms with Crippen LogP contribution in [0, 0.1) is 0 Å². The van der Waals surface area contributed by atoms with E-state index in [1.165, 1.54) is 0 Å². The number of aliphatic hydroxyl groups is 1. The lowest BCUT2D eigenvalue weighted by atomic mass is 10.3. The molecular weight excluding hydrogens is 202 g/mol. The summed E-state index contributed by atoms with van der Waals surface area (Å²) in [5, 5.41) is 13.1. The summed E-state index contributed by atoms with van der Waals surface area (Å²) in [5.74, 6) is 0. The molecule has 0 saturated heterocycles. The minimum atomic E-state index is -0.501. The molecule has 0 bridgehead atoms. The summed E-state index contributed by atoms with van der Waals surface area (Å²) >= 11 is 5.79. The molecule has 2 N–H and O–H groups in total. The lowest BCUT2D eigenvalue weighted by Crippen LogP contribution is -2.24. The Labute approximate surface area is 88.7 Å². The fourth-order valence-electron chi connectivity index (χ4n) is 1.09. The standard InChI is InChI=1S/C10H14ClNO2/c1-14-7-10(13)6-12-9-4-2-3-8(11)5-9/h2-5,10,12-13H,6-7H2,1H3. The van der Waals surface area contributed by atoms with Gasteiger partial charge in [0.15, 0.2) is 0 Å². The zero-order valence-electron chi connectivity index (χ0n) is 8.03. The molecule has 0 spiro atoms. The minimum absolute atomic E-state index is 0.327. The molecule has 1 aromatic carbocycles. The fraction of sp³-hybridized carbons (Fsp3) is 0.400. The third-order valence-electron chi connectivity index (χ3n) is 1.73. The first-order valence-corrected chi connectivity index (χ1v) is 4.76. The number of aliphatic hydroxyl groups excluding tert-OH is 1. The summed E-state index contributed by atoms with van der Waals surface area (Å²) in [7, 11) is 1.56. The second kappa shape index (κ2) is 5.86. The second-order valence-electron chi connectivity index (χ2n) is 3.00. The zero-order valence-corrected chi connectivity index (χ0v) is 8.79. The Bertz CT molecular complexity index is 281. The van der Waals surface area contributed by atoms with Crippen LogP contribution in [0.1, 0.15) is 0 Å². The normalized spacial score (nSPS) is 12.5. The zero-order chi connectivity index (χ0) is 10.4.